The van der Waals surface area contributed by atoms with Crippen molar-refractivity contribution in [1.82, 2.24) is 21.3 Å². The summed E-state index contributed by atoms with van der Waals surface area (Å²) >= 11 is 2.92. The number of amides is 4. The number of aliphatic carboxylic acids is 1. The van der Waals surface area contributed by atoms with Gasteiger partial charge in [-0.3, -0.25) is 19.2 Å². The van der Waals surface area contributed by atoms with Crippen molar-refractivity contribution in [2.24, 2.45) is 5.73 Å². The lowest BCUT2D eigenvalue weighted by molar-refractivity contribution is -0.142. The maximum Gasteiger partial charge on any atom is 0.326 e. The molecule has 4 amide bonds. The largest absolute Gasteiger partial charge is 0.480 e. The van der Waals surface area contributed by atoms with Crippen LogP contribution in [0, 0.1) is 0 Å². The van der Waals surface area contributed by atoms with Gasteiger partial charge in [0.15, 0.2) is 0 Å². The molecule has 1 aliphatic heterocycles. The summed E-state index contributed by atoms with van der Waals surface area (Å²) in [5.74, 6) is -2.73. The smallest absolute Gasteiger partial charge is 0.326 e. The average Bonchev–Trinajstić information content (AvgIpc) is 3.27. The number of rotatable bonds is 15. The fourth-order valence-electron chi connectivity index (χ4n) is 3.13. The minimum absolute atomic E-state index is 0.181. The number of carbonyl (C=O) groups excluding carboxylic acids is 4. The molecule has 1 heterocycles. The van der Waals surface area contributed by atoms with Gasteiger partial charge < -0.3 is 32.1 Å². The second-order valence-electron chi connectivity index (χ2n) is 7.40. The Kier molecular flexibility index (Phi) is 13.1. The standard InChI is InChI=1S/C19H33N5O6S2/c1-31-8-5-12(22-16(26)11-4-3-7-21-11)17(27)24-14(10-15(20)25)18(28)23-13(19(29)30)6-9-32-2/h11-14,21H,3-10H2,1-2H3,(H2,20,25)(H,22,26)(H,23,28)(H,24,27)(H,29,30). The van der Waals surface area contributed by atoms with Gasteiger partial charge in [0.2, 0.25) is 23.6 Å². The number of carboxylic acids is 1. The first-order valence-electron chi connectivity index (χ1n) is 10.3. The van der Waals surface area contributed by atoms with Crippen LogP contribution in [-0.4, -0.2) is 89.4 Å². The zero-order chi connectivity index (χ0) is 24.1. The molecule has 13 heteroatoms. The van der Waals surface area contributed by atoms with Crippen LogP contribution in [0.4, 0.5) is 0 Å². The molecule has 1 saturated heterocycles. The fourth-order valence-corrected chi connectivity index (χ4v) is 4.08. The number of primary amides is 1. The number of carboxylic acid groups (broad SMARTS) is 1. The molecule has 182 valence electrons. The summed E-state index contributed by atoms with van der Waals surface area (Å²) in [5, 5.41) is 19.9. The van der Waals surface area contributed by atoms with Crippen LogP contribution in [0.3, 0.4) is 0 Å². The predicted molar refractivity (Wildman–Crippen MR) is 124 cm³/mol. The van der Waals surface area contributed by atoms with Crippen LogP contribution in [0.1, 0.15) is 32.1 Å². The lowest BCUT2D eigenvalue weighted by atomic mass is 10.1. The maximum absolute atomic E-state index is 12.9. The first-order chi connectivity index (χ1) is 15.2. The molecular formula is C19H33N5O6S2. The van der Waals surface area contributed by atoms with Crippen molar-refractivity contribution < 1.29 is 29.1 Å². The molecule has 0 aliphatic carbocycles. The molecule has 11 nitrogen and oxygen atoms in total. The van der Waals surface area contributed by atoms with Crippen LogP contribution in [0.2, 0.25) is 0 Å². The van der Waals surface area contributed by atoms with Crippen LogP contribution in [-0.2, 0) is 24.0 Å². The Morgan fingerprint density at radius 2 is 1.53 bits per heavy atom. The fraction of sp³-hybridized carbons (Fsp3) is 0.737. The highest BCUT2D eigenvalue weighted by molar-refractivity contribution is 7.98. The summed E-state index contributed by atoms with van der Waals surface area (Å²) in [6, 6.07) is -3.80. The molecule has 0 bridgehead atoms. The molecule has 1 rings (SSSR count). The van der Waals surface area contributed by atoms with Gasteiger partial charge in [0, 0.05) is 0 Å². The summed E-state index contributed by atoms with van der Waals surface area (Å²) in [5.41, 5.74) is 5.23. The van der Waals surface area contributed by atoms with E-state index in [0.29, 0.717) is 24.3 Å². The molecule has 7 N–H and O–H groups in total. The van der Waals surface area contributed by atoms with E-state index in [2.05, 4.69) is 21.3 Å². The van der Waals surface area contributed by atoms with Gasteiger partial charge in [0.05, 0.1) is 12.5 Å². The van der Waals surface area contributed by atoms with Crippen molar-refractivity contribution in [3.05, 3.63) is 0 Å². The van der Waals surface area contributed by atoms with Gasteiger partial charge in [-0.15, -0.1) is 0 Å². The van der Waals surface area contributed by atoms with E-state index in [1.54, 1.807) is 6.26 Å². The third kappa shape index (κ3) is 10.1. The molecule has 4 atom stereocenters. The van der Waals surface area contributed by atoms with E-state index in [4.69, 9.17) is 5.73 Å². The van der Waals surface area contributed by atoms with E-state index in [0.717, 1.165) is 13.0 Å². The van der Waals surface area contributed by atoms with E-state index >= 15 is 0 Å². The molecule has 4 unspecified atom stereocenters. The topological polar surface area (TPSA) is 180 Å². The maximum atomic E-state index is 12.9. The molecule has 0 aromatic carbocycles. The average molecular weight is 492 g/mol. The monoisotopic (exact) mass is 491 g/mol. The molecular weight excluding hydrogens is 458 g/mol. The van der Waals surface area contributed by atoms with E-state index in [-0.39, 0.29) is 18.4 Å². The Bertz CT molecular complexity index is 675. The second kappa shape index (κ2) is 15.0. The summed E-state index contributed by atoms with van der Waals surface area (Å²) in [6.07, 6.45) is 5.20. The zero-order valence-electron chi connectivity index (χ0n) is 18.3. The van der Waals surface area contributed by atoms with Crippen LogP contribution in [0.25, 0.3) is 0 Å². The highest BCUT2D eigenvalue weighted by Gasteiger charge is 2.31. The minimum atomic E-state index is -1.35. The molecule has 0 saturated carbocycles. The number of hydrogen-bond donors (Lipinski definition) is 6. The molecule has 32 heavy (non-hydrogen) atoms. The summed E-state index contributed by atoms with van der Waals surface area (Å²) in [4.78, 5) is 60.9. The second-order valence-corrected chi connectivity index (χ2v) is 9.38. The lowest BCUT2D eigenvalue weighted by Gasteiger charge is -2.24. The molecule has 0 aromatic rings. The van der Waals surface area contributed by atoms with Gasteiger partial charge >= 0.3 is 5.97 Å². The number of hydrogen-bond acceptors (Lipinski definition) is 8. The van der Waals surface area contributed by atoms with E-state index in [1.165, 1.54) is 23.5 Å². The lowest BCUT2D eigenvalue weighted by Crippen LogP contribution is -2.57. The predicted octanol–water partition coefficient (Wildman–Crippen LogP) is -1.34. The first-order valence-corrected chi connectivity index (χ1v) is 13.1. The Balaban J connectivity index is 2.87. The summed E-state index contributed by atoms with van der Waals surface area (Å²) in [6.45, 7) is 0.724. The quantitative estimate of drug-likeness (QED) is 0.162. The highest BCUT2D eigenvalue weighted by atomic mass is 32.2. The number of carbonyl (C=O) groups is 5. The summed E-state index contributed by atoms with van der Waals surface area (Å²) in [7, 11) is 0. The molecule has 0 spiro atoms. The van der Waals surface area contributed by atoms with Crippen LogP contribution in [0.5, 0.6) is 0 Å². The minimum Gasteiger partial charge on any atom is -0.480 e. The highest BCUT2D eigenvalue weighted by Crippen LogP contribution is 2.08. The third-order valence-corrected chi connectivity index (χ3v) is 6.17. The van der Waals surface area contributed by atoms with Crippen molar-refractivity contribution in [2.75, 3.05) is 30.6 Å². The van der Waals surface area contributed by atoms with Gasteiger partial charge in [-0.1, -0.05) is 0 Å². The number of thioether (sulfide) groups is 2. The number of nitrogens with two attached hydrogens (primary N) is 1. The Labute approximate surface area is 196 Å². The van der Waals surface area contributed by atoms with E-state index in [1.807, 2.05) is 6.26 Å². The Morgan fingerprint density at radius 1 is 0.969 bits per heavy atom. The molecule has 0 radical (unpaired) electrons. The van der Waals surface area contributed by atoms with Crippen molar-refractivity contribution in [1.29, 1.82) is 0 Å². The first kappa shape index (κ1) is 28.0. The van der Waals surface area contributed by atoms with Gasteiger partial charge in [0.1, 0.15) is 18.1 Å². The molecule has 1 fully saturated rings. The van der Waals surface area contributed by atoms with E-state index < -0.39 is 48.2 Å². The number of nitrogens with one attached hydrogen (secondary N) is 4. The van der Waals surface area contributed by atoms with Gasteiger partial charge in [-0.05, 0) is 56.2 Å². The van der Waals surface area contributed by atoms with Gasteiger partial charge in [-0.25, -0.2) is 4.79 Å². The Hall–Kier alpha value is -1.99. The normalized spacial score (nSPS) is 18.2. The van der Waals surface area contributed by atoms with Crippen molar-refractivity contribution in [3.63, 3.8) is 0 Å². The van der Waals surface area contributed by atoms with Crippen LogP contribution in [0.15, 0.2) is 0 Å². The third-order valence-electron chi connectivity index (χ3n) is 4.88. The van der Waals surface area contributed by atoms with Crippen LogP contribution < -0.4 is 27.0 Å². The SMILES string of the molecule is CSCCC(NC(=O)C(CC(N)=O)NC(=O)C(CCSC)NC(=O)C1CCCN1)C(=O)O. The Morgan fingerprint density at radius 3 is 2.03 bits per heavy atom. The van der Waals surface area contributed by atoms with Gasteiger partial charge in [-0.2, -0.15) is 23.5 Å². The van der Waals surface area contributed by atoms with E-state index in [9.17, 15) is 29.1 Å². The summed E-state index contributed by atoms with van der Waals surface area (Å²) < 4.78 is 0. The zero-order valence-corrected chi connectivity index (χ0v) is 20.0. The van der Waals surface area contributed by atoms with Crippen molar-refractivity contribution in [2.45, 2.75) is 56.3 Å². The van der Waals surface area contributed by atoms with Crippen LogP contribution >= 0.6 is 23.5 Å². The van der Waals surface area contributed by atoms with Crippen molar-refractivity contribution >= 4 is 53.1 Å². The van der Waals surface area contributed by atoms with Gasteiger partial charge in [0.25, 0.3) is 0 Å². The molecule has 1 aliphatic rings. The van der Waals surface area contributed by atoms with Crippen molar-refractivity contribution in [3.8, 4) is 0 Å². The molecule has 0 aromatic heterocycles.